The Labute approximate surface area is 120 Å². The first-order valence-corrected chi connectivity index (χ1v) is 7.46. The van der Waals surface area contributed by atoms with Crippen LogP contribution in [-0.2, 0) is 0 Å². The molecule has 0 radical (unpaired) electrons. The van der Waals surface area contributed by atoms with Gasteiger partial charge in [0.15, 0.2) is 0 Å². The van der Waals surface area contributed by atoms with Crippen molar-refractivity contribution in [2.24, 2.45) is 5.73 Å². The highest BCUT2D eigenvalue weighted by molar-refractivity contribution is 5.30. The van der Waals surface area contributed by atoms with Gasteiger partial charge in [0.05, 0.1) is 11.7 Å². The number of nitrogens with two attached hydrogens (primary N) is 1. The molecule has 4 N–H and O–H groups in total. The molecule has 1 aromatic carbocycles. The minimum Gasteiger partial charge on any atom is -0.491 e. The zero-order valence-electron chi connectivity index (χ0n) is 11.9. The summed E-state index contributed by atoms with van der Waals surface area (Å²) in [6.45, 7) is 0.773. The standard InChI is InChI=1S/C16H25NO3/c17-10-7-15(18)13-5-4-6-14(11-13)20-12-16(19)8-2-1-3-9-16/h4-6,11,15,18-19H,1-3,7-10,12,17H2/t15-/m0/s1. The van der Waals surface area contributed by atoms with Gasteiger partial charge in [-0.05, 0) is 43.5 Å². The lowest BCUT2D eigenvalue weighted by Crippen LogP contribution is -2.37. The molecule has 0 saturated heterocycles. The Morgan fingerprint density at radius 2 is 2.00 bits per heavy atom. The van der Waals surface area contributed by atoms with Crippen molar-refractivity contribution in [3.63, 3.8) is 0 Å². The predicted octanol–water partition coefficient (Wildman–Crippen LogP) is 2.14. The second-order valence-electron chi connectivity index (χ2n) is 5.74. The van der Waals surface area contributed by atoms with Gasteiger partial charge in [-0.1, -0.05) is 31.4 Å². The highest BCUT2D eigenvalue weighted by Gasteiger charge is 2.29. The molecule has 0 heterocycles. The summed E-state index contributed by atoms with van der Waals surface area (Å²) in [5.74, 6) is 0.692. The smallest absolute Gasteiger partial charge is 0.119 e. The van der Waals surface area contributed by atoms with Gasteiger partial charge in [0, 0.05) is 0 Å². The van der Waals surface area contributed by atoms with E-state index in [1.165, 1.54) is 6.42 Å². The molecule has 4 heteroatoms. The molecule has 2 rings (SSSR count). The molecular weight excluding hydrogens is 254 g/mol. The van der Waals surface area contributed by atoms with Gasteiger partial charge in [-0.3, -0.25) is 0 Å². The van der Waals surface area contributed by atoms with Crippen molar-refractivity contribution in [1.82, 2.24) is 0 Å². The number of aliphatic hydroxyl groups excluding tert-OH is 1. The van der Waals surface area contributed by atoms with Crippen LogP contribution in [0.5, 0.6) is 5.75 Å². The van der Waals surface area contributed by atoms with Gasteiger partial charge in [0.25, 0.3) is 0 Å². The summed E-state index contributed by atoms with van der Waals surface area (Å²) in [5.41, 5.74) is 5.57. The molecule has 0 bridgehead atoms. The third-order valence-corrected chi connectivity index (χ3v) is 3.97. The van der Waals surface area contributed by atoms with E-state index in [1.54, 1.807) is 0 Å². The van der Waals surface area contributed by atoms with Gasteiger partial charge < -0.3 is 20.7 Å². The molecular formula is C16H25NO3. The van der Waals surface area contributed by atoms with Crippen molar-refractivity contribution in [3.05, 3.63) is 29.8 Å². The Hall–Kier alpha value is -1.10. The maximum atomic E-state index is 10.4. The molecule has 0 unspecified atom stereocenters. The molecule has 4 nitrogen and oxygen atoms in total. The Bertz CT molecular complexity index is 416. The van der Waals surface area contributed by atoms with Gasteiger partial charge in [-0.2, -0.15) is 0 Å². The molecule has 1 fully saturated rings. The van der Waals surface area contributed by atoms with Gasteiger partial charge in [-0.25, -0.2) is 0 Å². The molecule has 0 aliphatic heterocycles. The van der Waals surface area contributed by atoms with Gasteiger partial charge in [0.2, 0.25) is 0 Å². The fraction of sp³-hybridized carbons (Fsp3) is 0.625. The molecule has 0 aromatic heterocycles. The van der Waals surface area contributed by atoms with Crippen LogP contribution in [-0.4, -0.2) is 29.0 Å². The normalized spacial score (nSPS) is 19.6. The van der Waals surface area contributed by atoms with E-state index >= 15 is 0 Å². The van der Waals surface area contributed by atoms with E-state index in [4.69, 9.17) is 10.5 Å². The molecule has 1 atom stereocenters. The monoisotopic (exact) mass is 279 g/mol. The summed E-state index contributed by atoms with van der Waals surface area (Å²) in [5, 5.41) is 20.3. The lowest BCUT2D eigenvalue weighted by atomic mass is 9.85. The predicted molar refractivity (Wildman–Crippen MR) is 78.6 cm³/mol. The van der Waals surface area contributed by atoms with Crippen molar-refractivity contribution in [1.29, 1.82) is 0 Å². The summed E-state index contributed by atoms with van der Waals surface area (Å²) in [4.78, 5) is 0. The van der Waals surface area contributed by atoms with Crippen LogP contribution >= 0.6 is 0 Å². The first-order chi connectivity index (χ1) is 9.63. The number of aliphatic hydroxyl groups is 2. The van der Waals surface area contributed by atoms with Crippen LogP contribution in [0.2, 0.25) is 0 Å². The fourth-order valence-corrected chi connectivity index (χ4v) is 2.71. The molecule has 1 aromatic rings. The van der Waals surface area contributed by atoms with E-state index in [1.807, 2.05) is 24.3 Å². The summed E-state index contributed by atoms with van der Waals surface area (Å²) in [6.07, 6.45) is 4.92. The topological polar surface area (TPSA) is 75.7 Å². The van der Waals surface area contributed by atoms with E-state index in [9.17, 15) is 10.2 Å². The summed E-state index contributed by atoms with van der Waals surface area (Å²) < 4.78 is 5.73. The number of benzene rings is 1. The molecule has 1 saturated carbocycles. The van der Waals surface area contributed by atoms with E-state index < -0.39 is 11.7 Å². The van der Waals surface area contributed by atoms with Crippen LogP contribution in [0.3, 0.4) is 0 Å². The average molecular weight is 279 g/mol. The van der Waals surface area contributed by atoms with Crippen molar-refractivity contribution >= 4 is 0 Å². The minimum atomic E-state index is -0.690. The first-order valence-electron chi connectivity index (χ1n) is 7.46. The number of hydrogen-bond acceptors (Lipinski definition) is 4. The van der Waals surface area contributed by atoms with Gasteiger partial charge in [0.1, 0.15) is 12.4 Å². The van der Waals surface area contributed by atoms with Crippen LogP contribution in [0.4, 0.5) is 0 Å². The second-order valence-corrected chi connectivity index (χ2v) is 5.74. The zero-order chi connectivity index (χ0) is 14.4. The Balaban J connectivity index is 1.94. The van der Waals surface area contributed by atoms with E-state index in [-0.39, 0.29) is 0 Å². The van der Waals surface area contributed by atoms with Gasteiger partial charge >= 0.3 is 0 Å². The Kier molecular flexibility index (Phi) is 5.40. The molecule has 1 aliphatic carbocycles. The van der Waals surface area contributed by atoms with Crippen LogP contribution in [0, 0.1) is 0 Å². The number of hydrogen-bond donors (Lipinski definition) is 3. The molecule has 20 heavy (non-hydrogen) atoms. The lowest BCUT2D eigenvalue weighted by Gasteiger charge is -2.31. The first kappa shape index (κ1) is 15.3. The highest BCUT2D eigenvalue weighted by Crippen LogP contribution is 2.29. The molecule has 0 amide bonds. The maximum absolute atomic E-state index is 10.4. The van der Waals surface area contributed by atoms with Gasteiger partial charge in [-0.15, -0.1) is 0 Å². The maximum Gasteiger partial charge on any atom is 0.119 e. The third-order valence-electron chi connectivity index (χ3n) is 3.97. The zero-order valence-corrected chi connectivity index (χ0v) is 11.9. The number of ether oxygens (including phenoxy) is 1. The third kappa shape index (κ3) is 4.20. The van der Waals surface area contributed by atoms with E-state index in [2.05, 4.69) is 0 Å². The molecule has 1 aliphatic rings. The highest BCUT2D eigenvalue weighted by atomic mass is 16.5. The van der Waals surface area contributed by atoms with Crippen molar-refractivity contribution in [3.8, 4) is 5.75 Å². The molecule has 112 valence electrons. The van der Waals surface area contributed by atoms with Crippen LogP contribution < -0.4 is 10.5 Å². The number of rotatable bonds is 6. The lowest BCUT2D eigenvalue weighted by molar-refractivity contribution is -0.0339. The molecule has 0 spiro atoms. The van der Waals surface area contributed by atoms with Crippen LogP contribution in [0.15, 0.2) is 24.3 Å². The van der Waals surface area contributed by atoms with Crippen molar-refractivity contribution < 1.29 is 14.9 Å². The van der Waals surface area contributed by atoms with Crippen LogP contribution in [0.1, 0.15) is 50.2 Å². The van der Waals surface area contributed by atoms with Crippen molar-refractivity contribution in [2.75, 3.05) is 13.2 Å². The average Bonchev–Trinajstić information content (AvgIpc) is 2.47. The summed E-state index contributed by atoms with van der Waals surface area (Å²) in [7, 11) is 0. The fourth-order valence-electron chi connectivity index (χ4n) is 2.71. The largest absolute Gasteiger partial charge is 0.491 e. The Morgan fingerprint density at radius 3 is 2.70 bits per heavy atom. The van der Waals surface area contributed by atoms with Crippen molar-refractivity contribution in [2.45, 2.75) is 50.2 Å². The van der Waals surface area contributed by atoms with E-state index in [0.29, 0.717) is 25.3 Å². The second kappa shape index (κ2) is 7.07. The summed E-state index contributed by atoms with van der Waals surface area (Å²) >= 11 is 0. The summed E-state index contributed by atoms with van der Waals surface area (Å²) in [6, 6.07) is 7.40. The SMILES string of the molecule is NCC[C@H](O)c1cccc(OCC2(O)CCCCC2)c1. The minimum absolute atomic E-state index is 0.323. The Morgan fingerprint density at radius 1 is 1.25 bits per heavy atom. The van der Waals surface area contributed by atoms with E-state index in [0.717, 1.165) is 31.2 Å². The quantitative estimate of drug-likeness (QED) is 0.745. The van der Waals surface area contributed by atoms with Crippen LogP contribution in [0.25, 0.3) is 0 Å².